The van der Waals surface area contributed by atoms with E-state index in [9.17, 15) is 0 Å². The molecule has 0 fully saturated rings. The summed E-state index contributed by atoms with van der Waals surface area (Å²) >= 11 is 12.2. The van der Waals surface area contributed by atoms with Crippen molar-refractivity contribution in [2.45, 2.75) is 6.42 Å². The maximum absolute atomic E-state index is 6.17. The summed E-state index contributed by atoms with van der Waals surface area (Å²) < 4.78 is 0. The van der Waals surface area contributed by atoms with Crippen LogP contribution >= 0.6 is 23.2 Å². The van der Waals surface area contributed by atoms with Gasteiger partial charge in [-0.05, 0) is 29.3 Å². The normalized spacial score (nSPS) is 10.7. The van der Waals surface area contributed by atoms with Crippen molar-refractivity contribution < 1.29 is 0 Å². The van der Waals surface area contributed by atoms with Gasteiger partial charge in [-0.25, -0.2) is 4.98 Å². The standard InChI is InChI=1S/C16H12Cl2N2/c17-13-6-7-14(18)12(8-13)9-16-19-10-15(20-16)11-4-2-1-3-5-11/h1-8,10H,9H2,(H,19,20). The van der Waals surface area contributed by atoms with Gasteiger partial charge in [-0.15, -0.1) is 0 Å². The van der Waals surface area contributed by atoms with Crippen molar-refractivity contribution in [1.29, 1.82) is 0 Å². The molecule has 0 amide bonds. The second-order valence-electron chi connectivity index (χ2n) is 4.52. The molecule has 20 heavy (non-hydrogen) atoms. The molecule has 0 aliphatic heterocycles. The second kappa shape index (κ2) is 5.70. The van der Waals surface area contributed by atoms with E-state index in [1.54, 1.807) is 12.1 Å². The lowest BCUT2D eigenvalue weighted by molar-refractivity contribution is 1.03. The topological polar surface area (TPSA) is 28.7 Å². The molecule has 2 nitrogen and oxygen atoms in total. The minimum atomic E-state index is 0.631. The van der Waals surface area contributed by atoms with E-state index in [1.807, 2.05) is 42.6 Å². The van der Waals surface area contributed by atoms with Crippen molar-refractivity contribution in [3.05, 3.63) is 76.2 Å². The van der Waals surface area contributed by atoms with E-state index in [0.29, 0.717) is 16.5 Å². The number of hydrogen-bond donors (Lipinski definition) is 1. The van der Waals surface area contributed by atoms with Crippen LogP contribution in [0.5, 0.6) is 0 Å². The predicted molar refractivity (Wildman–Crippen MR) is 83.3 cm³/mol. The third-order valence-electron chi connectivity index (χ3n) is 3.08. The number of aromatic amines is 1. The maximum atomic E-state index is 6.17. The number of imidazole rings is 1. The van der Waals surface area contributed by atoms with E-state index in [0.717, 1.165) is 22.6 Å². The van der Waals surface area contributed by atoms with Crippen molar-refractivity contribution >= 4 is 23.2 Å². The van der Waals surface area contributed by atoms with Crippen LogP contribution in [0.2, 0.25) is 10.0 Å². The van der Waals surface area contributed by atoms with E-state index < -0.39 is 0 Å². The molecule has 1 aromatic heterocycles. The van der Waals surface area contributed by atoms with Crippen molar-refractivity contribution in [1.82, 2.24) is 9.97 Å². The lowest BCUT2D eigenvalue weighted by Crippen LogP contribution is -1.92. The molecule has 1 N–H and O–H groups in total. The molecule has 3 rings (SSSR count). The van der Waals surface area contributed by atoms with Crippen LogP contribution in [-0.2, 0) is 6.42 Å². The number of nitrogens with one attached hydrogen (secondary N) is 1. The van der Waals surface area contributed by atoms with Gasteiger partial charge in [-0.1, -0.05) is 53.5 Å². The van der Waals surface area contributed by atoms with Crippen molar-refractivity contribution in [3.63, 3.8) is 0 Å². The van der Waals surface area contributed by atoms with Gasteiger partial charge in [0.1, 0.15) is 5.82 Å². The van der Waals surface area contributed by atoms with E-state index in [2.05, 4.69) is 9.97 Å². The average Bonchev–Trinajstić information content (AvgIpc) is 2.92. The number of rotatable bonds is 3. The first-order valence-corrected chi connectivity index (χ1v) is 7.01. The largest absolute Gasteiger partial charge is 0.342 e. The Morgan fingerprint density at radius 2 is 1.80 bits per heavy atom. The zero-order chi connectivity index (χ0) is 13.9. The summed E-state index contributed by atoms with van der Waals surface area (Å²) in [6.07, 6.45) is 2.47. The molecule has 0 spiro atoms. The summed E-state index contributed by atoms with van der Waals surface area (Å²) in [5.74, 6) is 0.869. The molecular formula is C16H12Cl2N2. The van der Waals surface area contributed by atoms with E-state index in [-0.39, 0.29) is 0 Å². The fourth-order valence-corrected chi connectivity index (χ4v) is 2.45. The number of hydrogen-bond acceptors (Lipinski definition) is 1. The molecule has 1 heterocycles. The Labute approximate surface area is 127 Å². The Hall–Kier alpha value is -1.77. The number of nitrogens with zero attached hydrogens (tertiary/aromatic N) is 1. The van der Waals surface area contributed by atoms with Crippen molar-refractivity contribution in [3.8, 4) is 11.3 Å². The molecule has 0 aliphatic rings. The molecule has 2 aromatic carbocycles. The lowest BCUT2D eigenvalue weighted by Gasteiger charge is -2.03. The van der Waals surface area contributed by atoms with Gasteiger partial charge < -0.3 is 4.98 Å². The molecule has 4 heteroatoms. The van der Waals surface area contributed by atoms with Crippen LogP contribution in [0.3, 0.4) is 0 Å². The first kappa shape index (κ1) is 13.2. The summed E-state index contributed by atoms with van der Waals surface area (Å²) in [7, 11) is 0. The Bertz CT molecular complexity index is 720. The molecule has 100 valence electrons. The minimum absolute atomic E-state index is 0.631. The van der Waals surface area contributed by atoms with E-state index in [4.69, 9.17) is 23.2 Å². The fourth-order valence-electron chi connectivity index (χ4n) is 2.08. The van der Waals surface area contributed by atoms with Gasteiger partial charge in [0.25, 0.3) is 0 Å². The number of benzene rings is 2. The molecule has 0 radical (unpaired) electrons. The average molecular weight is 303 g/mol. The molecule has 0 saturated heterocycles. The third-order valence-corrected chi connectivity index (χ3v) is 3.68. The van der Waals surface area contributed by atoms with Crippen LogP contribution in [0.4, 0.5) is 0 Å². The highest BCUT2D eigenvalue weighted by Gasteiger charge is 2.07. The molecule has 0 aliphatic carbocycles. The summed E-state index contributed by atoms with van der Waals surface area (Å²) in [5, 5.41) is 1.38. The first-order chi connectivity index (χ1) is 9.72. The first-order valence-electron chi connectivity index (χ1n) is 6.25. The summed E-state index contributed by atoms with van der Waals surface area (Å²) in [5.41, 5.74) is 3.08. The van der Waals surface area contributed by atoms with Crippen LogP contribution in [0, 0.1) is 0 Å². The van der Waals surface area contributed by atoms with Gasteiger partial charge in [-0.2, -0.15) is 0 Å². The number of halogens is 2. The molecule has 0 atom stereocenters. The minimum Gasteiger partial charge on any atom is -0.342 e. The van der Waals surface area contributed by atoms with Crippen LogP contribution in [-0.4, -0.2) is 9.97 Å². The van der Waals surface area contributed by atoms with Gasteiger partial charge in [-0.3, -0.25) is 0 Å². The lowest BCUT2D eigenvalue weighted by atomic mass is 10.1. The molecule has 0 bridgehead atoms. The highest BCUT2D eigenvalue weighted by Crippen LogP contribution is 2.23. The predicted octanol–water partition coefficient (Wildman–Crippen LogP) is 4.97. The molecule has 0 unspecified atom stereocenters. The summed E-state index contributed by atoms with van der Waals surface area (Å²) in [4.78, 5) is 7.71. The maximum Gasteiger partial charge on any atom is 0.110 e. The van der Waals surface area contributed by atoms with Gasteiger partial charge in [0, 0.05) is 16.5 Å². The zero-order valence-electron chi connectivity index (χ0n) is 10.6. The quantitative estimate of drug-likeness (QED) is 0.726. The van der Waals surface area contributed by atoms with Gasteiger partial charge >= 0.3 is 0 Å². The second-order valence-corrected chi connectivity index (χ2v) is 5.37. The van der Waals surface area contributed by atoms with Gasteiger partial charge in [0.2, 0.25) is 0 Å². The smallest absolute Gasteiger partial charge is 0.110 e. The van der Waals surface area contributed by atoms with Crippen LogP contribution in [0.15, 0.2) is 54.7 Å². The van der Waals surface area contributed by atoms with Crippen LogP contribution in [0.25, 0.3) is 11.3 Å². The molecule has 3 aromatic rings. The van der Waals surface area contributed by atoms with Crippen LogP contribution < -0.4 is 0 Å². The van der Waals surface area contributed by atoms with Gasteiger partial charge in [0.15, 0.2) is 0 Å². The highest BCUT2D eigenvalue weighted by molar-refractivity contribution is 6.33. The highest BCUT2D eigenvalue weighted by atomic mass is 35.5. The number of aromatic nitrogens is 2. The Morgan fingerprint density at radius 3 is 2.60 bits per heavy atom. The summed E-state index contributed by atoms with van der Waals surface area (Å²) in [6, 6.07) is 15.5. The van der Waals surface area contributed by atoms with Gasteiger partial charge in [0.05, 0.1) is 11.9 Å². The molecular weight excluding hydrogens is 291 g/mol. The van der Waals surface area contributed by atoms with Crippen molar-refractivity contribution in [2.24, 2.45) is 0 Å². The molecule has 0 saturated carbocycles. The van der Waals surface area contributed by atoms with E-state index in [1.165, 1.54) is 0 Å². The van der Waals surface area contributed by atoms with E-state index >= 15 is 0 Å². The Kier molecular flexibility index (Phi) is 3.77. The number of H-pyrrole nitrogens is 1. The van der Waals surface area contributed by atoms with Crippen LogP contribution in [0.1, 0.15) is 11.4 Å². The Morgan fingerprint density at radius 1 is 1.00 bits per heavy atom. The van der Waals surface area contributed by atoms with Crippen molar-refractivity contribution in [2.75, 3.05) is 0 Å². The SMILES string of the molecule is Clc1ccc(Cl)c(Cc2ncc(-c3ccccc3)[nH]2)c1. The summed E-state index contributed by atoms with van der Waals surface area (Å²) in [6.45, 7) is 0. The Balaban J connectivity index is 1.86. The fraction of sp³-hybridized carbons (Fsp3) is 0.0625. The third kappa shape index (κ3) is 2.87. The zero-order valence-corrected chi connectivity index (χ0v) is 12.1. The monoisotopic (exact) mass is 302 g/mol.